The number of anilines is 1. The molecule has 4 rings (SSSR count). The van der Waals surface area contributed by atoms with E-state index in [1.807, 2.05) is 6.07 Å². The number of unbranched alkanes of at least 4 members (excludes halogenated alkanes) is 4. The minimum Gasteiger partial charge on any atom is -0.494 e. The summed E-state index contributed by atoms with van der Waals surface area (Å²) in [4.78, 5) is 10.9. The van der Waals surface area contributed by atoms with E-state index in [0.29, 0.717) is 5.02 Å². The van der Waals surface area contributed by atoms with Gasteiger partial charge in [-0.3, -0.25) is 10.1 Å². The van der Waals surface area contributed by atoms with Gasteiger partial charge in [-0.1, -0.05) is 56.4 Å². The molecule has 0 saturated carbocycles. The van der Waals surface area contributed by atoms with Gasteiger partial charge in [-0.25, -0.2) is 0 Å². The van der Waals surface area contributed by atoms with Gasteiger partial charge in [0.15, 0.2) is 0 Å². The number of non-ortho nitro benzene ring substituents is 1. The number of halogens is 1. The molecule has 0 amide bonds. The van der Waals surface area contributed by atoms with Gasteiger partial charge in [-0.05, 0) is 48.6 Å². The second-order valence-corrected chi connectivity index (χ2v) is 8.86. The Balaban J connectivity index is 1.53. The maximum atomic E-state index is 11.3. The number of nitro groups is 1. The molecular formula is C25H29ClN2O3. The number of nitrogens with zero attached hydrogens (tertiary/aromatic N) is 1. The number of nitro benzene ring substituents is 1. The van der Waals surface area contributed by atoms with Crippen LogP contribution < -0.4 is 10.1 Å². The molecule has 1 heterocycles. The van der Waals surface area contributed by atoms with Gasteiger partial charge in [0.2, 0.25) is 0 Å². The van der Waals surface area contributed by atoms with E-state index in [1.165, 1.54) is 37.3 Å². The monoisotopic (exact) mass is 440 g/mol. The summed E-state index contributed by atoms with van der Waals surface area (Å²) >= 11 is 6.48. The summed E-state index contributed by atoms with van der Waals surface area (Å²) in [5.41, 5.74) is 3.11. The van der Waals surface area contributed by atoms with Gasteiger partial charge < -0.3 is 10.1 Å². The highest BCUT2D eigenvalue weighted by Gasteiger charge is 2.39. The first-order chi connectivity index (χ1) is 15.1. The van der Waals surface area contributed by atoms with Crippen molar-refractivity contribution in [3.8, 4) is 5.75 Å². The molecule has 5 nitrogen and oxygen atoms in total. The average Bonchev–Trinajstić information content (AvgIpc) is 3.26. The zero-order chi connectivity index (χ0) is 21.8. The quantitative estimate of drug-likeness (QED) is 0.190. The van der Waals surface area contributed by atoms with Crippen LogP contribution in [0.3, 0.4) is 0 Å². The highest BCUT2D eigenvalue weighted by Crippen LogP contribution is 2.51. The topological polar surface area (TPSA) is 64.4 Å². The second-order valence-electron chi connectivity index (χ2n) is 8.45. The fraction of sp³-hybridized carbons (Fsp3) is 0.440. The lowest BCUT2D eigenvalue weighted by atomic mass is 9.77. The predicted molar refractivity (Wildman–Crippen MR) is 125 cm³/mol. The summed E-state index contributed by atoms with van der Waals surface area (Å²) in [6.45, 7) is 2.96. The summed E-state index contributed by atoms with van der Waals surface area (Å²) < 4.78 is 6.03. The van der Waals surface area contributed by atoms with Crippen LogP contribution in [0.4, 0.5) is 11.4 Å². The molecule has 0 spiro atoms. The van der Waals surface area contributed by atoms with Crippen molar-refractivity contribution in [3.63, 3.8) is 0 Å². The Kier molecular flexibility index (Phi) is 6.81. The Morgan fingerprint density at radius 3 is 2.77 bits per heavy atom. The number of hydrogen-bond donors (Lipinski definition) is 1. The first-order valence-corrected chi connectivity index (χ1v) is 11.6. The molecule has 0 saturated heterocycles. The van der Waals surface area contributed by atoms with Gasteiger partial charge in [0, 0.05) is 34.3 Å². The number of fused-ring (bicyclic) bond motifs is 3. The van der Waals surface area contributed by atoms with E-state index in [2.05, 4.69) is 36.5 Å². The molecule has 1 aliphatic heterocycles. The molecule has 0 aromatic heterocycles. The number of allylic oxidation sites excluding steroid dienone is 2. The molecule has 2 aromatic rings. The number of rotatable bonds is 9. The maximum absolute atomic E-state index is 11.3. The summed E-state index contributed by atoms with van der Waals surface area (Å²) in [6.07, 6.45) is 11.4. The Bertz CT molecular complexity index is 975. The highest BCUT2D eigenvalue weighted by atomic mass is 35.5. The fourth-order valence-corrected chi connectivity index (χ4v) is 4.98. The Hall–Kier alpha value is -2.53. The summed E-state index contributed by atoms with van der Waals surface area (Å²) in [5.74, 6) is 1.41. The largest absolute Gasteiger partial charge is 0.494 e. The van der Waals surface area contributed by atoms with Crippen LogP contribution in [0.2, 0.25) is 5.02 Å². The molecule has 2 aromatic carbocycles. The molecule has 0 bridgehead atoms. The van der Waals surface area contributed by atoms with E-state index in [9.17, 15) is 10.1 Å². The number of ether oxygens (including phenoxy) is 1. The first-order valence-electron chi connectivity index (χ1n) is 11.2. The van der Waals surface area contributed by atoms with E-state index in [0.717, 1.165) is 36.4 Å². The van der Waals surface area contributed by atoms with Gasteiger partial charge in [0.05, 0.1) is 17.6 Å². The SMILES string of the molecule is CCCCCCCOc1ccc2c(c1)C1C=CCC1C(c1cc([N+](=O)[O-])ccc1Cl)N2. The second kappa shape index (κ2) is 9.73. The van der Waals surface area contributed by atoms with Crippen LogP contribution in [0.1, 0.15) is 68.5 Å². The molecular weight excluding hydrogens is 412 g/mol. The van der Waals surface area contributed by atoms with E-state index < -0.39 is 0 Å². The molecule has 3 atom stereocenters. The standard InChI is InChI=1S/C25H29ClN2O3/c1-2-3-4-5-6-14-31-18-11-13-24-21(16-18)19-8-7-9-20(19)25(27-24)22-15-17(28(29)30)10-12-23(22)26/h7-8,10-13,15-16,19-20,25,27H,2-6,9,14H2,1H3. The van der Waals surface area contributed by atoms with Gasteiger partial charge in [0.1, 0.15) is 5.75 Å². The van der Waals surface area contributed by atoms with E-state index in [-0.39, 0.29) is 28.5 Å². The van der Waals surface area contributed by atoms with Crippen molar-refractivity contribution >= 4 is 23.0 Å². The van der Waals surface area contributed by atoms with Crippen LogP contribution >= 0.6 is 11.6 Å². The van der Waals surface area contributed by atoms with Gasteiger partial charge in [-0.15, -0.1) is 0 Å². The van der Waals surface area contributed by atoms with Gasteiger partial charge >= 0.3 is 0 Å². The van der Waals surface area contributed by atoms with Crippen molar-refractivity contribution in [2.45, 2.75) is 57.4 Å². The lowest BCUT2D eigenvalue weighted by molar-refractivity contribution is -0.384. The molecule has 31 heavy (non-hydrogen) atoms. The highest BCUT2D eigenvalue weighted by molar-refractivity contribution is 6.31. The van der Waals surface area contributed by atoms with Crippen LogP contribution in [0.5, 0.6) is 5.75 Å². The minimum absolute atomic E-state index is 0.0668. The summed E-state index contributed by atoms with van der Waals surface area (Å²) in [7, 11) is 0. The minimum atomic E-state index is -0.368. The van der Waals surface area contributed by atoms with E-state index in [4.69, 9.17) is 16.3 Å². The van der Waals surface area contributed by atoms with Crippen LogP contribution in [-0.4, -0.2) is 11.5 Å². The third kappa shape index (κ3) is 4.72. The van der Waals surface area contributed by atoms with Crippen LogP contribution in [-0.2, 0) is 0 Å². The number of hydrogen-bond acceptors (Lipinski definition) is 4. The molecule has 0 radical (unpaired) electrons. The Morgan fingerprint density at radius 2 is 1.97 bits per heavy atom. The molecule has 164 valence electrons. The Morgan fingerprint density at radius 1 is 1.13 bits per heavy atom. The van der Waals surface area contributed by atoms with Crippen LogP contribution in [0.25, 0.3) is 0 Å². The van der Waals surface area contributed by atoms with Crippen molar-refractivity contribution in [1.29, 1.82) is 0 Å². The molecule has 1 N–H and O–H groups in total. The van der Waals surface area contributed by atoms with E-state index in [1.54, 1.807) is 12.1 Å². The van der Waals surface area contributed by atoms with E-state index >= 15 is 0 Å². The molecule has 1 aliphatic carbocycles. The number of nitrogens with one attached hydrogen (secondary N) is 1. The molecule has 3 unspecified atom stereocenters. The van der Waals surface area contributed by atoms with Crippen LogP contribution in [0.15, 0.2) is 48.6 Å². The molecule has 2 aliphatic rings. The van der Waals surface area contributed by atoms with Crippen molar-refractivity contribution < 1.29 is 9.66 Å². The summed E-state index contributed by atoms with van der Waals surface area (Å²) in [5, 5.41) is 15.4. The average molecular weight is 441 g/mol. The lowest BCUT2D eigenvalue weighted by Crippen LogP contribution is -2.29. The van der Waals surface area contributed by atoms with Crippen molar-refractivity contribution in [1.82, 2.24) is 0 Å². The molecule has 0 fully saturated rings. The first kappa shape index (κ1) is 21.7. The van der Waals surface area contributed by atoms with Gasteiger partial charge in [0.25, 0.3) is 5.69 Å². The lowest BCUT2D eigenvalue weighted by Gasteiger charge is -2.38. The predicted octanol–water partition coefficient (Wildman–Crippen LogP) is 7.42. The summed E-state index contributed by atoms with van der Waals surface area (Å²) in [6, 6.07) is 10.8. The van der Waals surface area contributed by atoms with Crippen molar-refractivity contribution in [3.05, 3.63) is 74.8 Å². The Labute approximate surface area is 188 Å². The zero-order valence-electron chi connectivity index (χ0n) is 17.9. The van der Waals surface area contributed by atoms with Crippen molar-refractivity contribution in [2.24, 2.45) is 5.92 Å². The van der Waals surface area contributed by atoms with Gasteiger partial charge in [-0.2, -0.15) is 0 Å². The normalized spacial score (nSPS) is 21.3. The third-order valence-corrected chi connectivity index (χ3v) is 6.72. The maximum Gasteiger partial charge on any atom is 0.269 e. The number of benzene rings is 2. The smallest absolute Gasteiger partial charge is 0.269 e. The fourth-order valence-electron chi connectivity index (χ4n) is 4.75. The zero-order valence-corrected chi connectivity index (χ0v) is 18.6. The van der Waals surface area contributed by atoms with Crippen LogP contribution in [0, 0.1) is 16.0 Å². The van der Waals surface area contributed by atoms with Crippen molar-refractivity contribution in [2.75, 3.05) is 11.9 Å². The molecule has 6 heteroatoms. The third-order valence-electron chi connectivity index (χ3n) is 6.38.